The van der Waals surface area contributed by atoms with Crippen LogP contribution in [0.15, 0.2) is 48.7 Å². The van der Waals surface area contributed by atoms with Crippen LogP contribution >= 0.6 is 0 Å². The number of piperazine rings is 1. The summed E-state index contributed by atoms with van der Waals surface area (Å²) in [5.41, 5.74) is 8.33. The van der Waals surface area contributed by atoms with Crippen molar-refractivity contribution in [2.75, 3.05) is 99.1 Å². The van der Waals surface area contributed by atoms with Crippen LogP contribution in [0.2, 0.25) is 0 Å². The Balaban J connectivity index is 0.776. The van der Waals surface area contributed by atoms with Gasteiger partial charge in [0.2, 0.25) is 17.8 Å². The number of likely N-dealkylation sites (N-methyl/N-ethyl adjacent to an activating group) is 1. The van der Waals surface area contributed by atoms with Crippen molar-refractivity contribution < 1.29 is 28.4 Å². The molecular weight excluding hydrogens is 824 g/mol. The Morgan fingerprint density at radius 1 is 0.875 bits per heavy atom. The molecule has 5 aliphatic heterocycles. The monoisotopic (exact) mass is 876 g/mol. The molecule has 0 saturated carbocycles. The van der Waals surface area contributed by atoms with Crippen LogP contribution < -0.4 is 36.4 Å². The van der Waals surface area contributed by atoms with Crippen molar-refractivity contribution in [1.29, 1.82) is 0 Å². The summed E-state index contributed by atoms with van der Waals surface area (Å²) in [7, 11) is 1.80. The second-order valence-electron chi connectivity index (χ2n) is 17.3. The number of aromatic nitrogens is 4. The molecule has 2 atom stereocenters. The fourth-order valence-corrected chi connectivity index (χ4v) is 9.66. The zero-order chi connectivity index (χ0) is 44.5. The Bertz CT molecular complexity index is 2460. The van der Waals surface area contributed by atoms with Gasteiger partial charge in [0.25, 0.3) is 11.8 Å². The third-order valence-electron chi connectivity index (χ3n) is 13.2. The van der Waals surface area contributed by atoms with Gasteiger partial charge in [-0.05, 0) is 68.4 Å². The maximum Gasteiger partial charge on any atom is 0.320 e. The van der Waals surface area contributed by atoms with Crippen molar-refractivity contribution in [1.82, 2.24) is 45.5 Å². The summed E-state index contributed by atoms with van der Waals surface area (Å²) in [4.78, 5) is 83.8. The van der Waals surface area contributed by atoms with Crippen LogP contribution in [0.3, 0.4) is 0 Å². The number of benzene rings is 2. The van der Waals surface area contributed by atoms with Gasteiger partial charge in [-0.1, -0.05) is 12.1 Å². The van der Waals surface area contributed by atoms with Crippen molar-refractivity contribution in [3.63, 3.8) is 0 Å². The molecule has 2 unspecified atom stereocenters. The van der Waals surface area contributed by atoms with Gasteiger partial charge >= 0.3 is 6.03 Å². The normalized spacial score (nSPS) is 21.4. The lowest BCUT2D eigenvalue weighted by atomic mass is 9.95. The lowest BCUT2D eigenvalue weighted by Gasteiger charge is -2.40. The largest absolute Gasteiger partial charge is 0.371 e. The van der Waals surface area contributed by atoms with Crippen LogP contribution in [-0.4, -0.2) is 156 Å². The average Bonchev–Trinajstić information content (AvgIpc) is 3.64. The Kier molecular flexibility index (Phi) is 12.1. The van der Waals surface area contributed by atoms with Gasteiger partial charge in [0.1, 0.15) is 11.9 Å². The fraction of sp³-hybridized carbons (Fsp3) is 0.477. The average molecular weight is 877 g/mol. The van der Waals surface area contributed by atoms with E-state index in [1.54, 1.807) is 36.3 Å². The van der Waals surface area contributed by atoms with Gasteiger partial charge < -0.3 is 40.9 Å². The molecule has 5 fully saturated rings. The molecule has 5 saturated heterocycles. The van der Waals surface area contributed by atoms with Crippen molar-refractivity contribution in [2.45, 2.75) is 50.6 Å². The number of pyridine rings is 1. The molecule has 6 amide bonds. The number of imide groups is 1. The first kappa shape index (κ1) is 42.6. The van der Waals surface area contributed by atoms with Crippen LogP contribution in [0.25, 0.3) is 10.9 Å². The number of para-hydroxylation sites is 1. The molecule has 0 spiro atoms. The molecule has 0 bridgehead atoms. The van der Waals surface area contributed by atoms with Crippen LogP contribution in [0, 0.1) is 11.7 Å². The molecular formula is C44H53FN14O5. The molecule has 2 aromatic carbocycles. The quantitative estimate of drug-likeness (QED) is 0.159. The number of nitrogens with one attached hydrogen (secondary N) is 3. The number of amides is 6. The molecule has 7 heterocycles. The number of hydrogen-bond acceptors (Lipinski definition) is 14. The second-order valence-corrected chi connectivity index (χ2v) is 17.3. The lowest BCUT2D eigenvalue weighted by Crippen LogP contribution is -2.52. The first-order chi connectivity index (χ1) is 31.0. The SMILES string of the molecule is CN1CCN(C2CCCN(c3nnc(C(N)=O)c(Nc4ccc(N5CCN(CC6CCN(c7ccnc8c(C(=O)NC9CCC(=O)NC9=O)cccc78)CC6)CC5)c(F)c4)n3)C2)C1=O. The predicted octanol–water partition coefficient (Wildman–Crippen LogP) is 2.31. The number of carbonyl (C=O) groups excluding carboxylic acids is 5. The summed E-state index contributed by atoms with van der Waals surface area (Å²) >= 11 is 0. The van der Waals surface area contributed by atoms with E-state index in [0.717, 1.165) is 69.5 Å². The third-order valence-corrected chi connectivity index (χ3v) is 13.2. The number of rotatable bonds is 11. The van der Waals surface area contributed by atoms with Gasteiger partial charge in [-0.2, -0.15) is 4.98 Å². The van der Waals surface area contributed by atoms with Crippen molar-refractivity contribution in [2.24, 2.45) is 11.7 Å². The predicted molar refractivity (Wildman–Crippen MR) is 237 cm³/mol. The highest BCUT2D eigenvalue weighted by molar-refractivity contribution is 6.10. The first-order valence-corrected chi connectivity index (χ1v) is 22.1. The molecule has 2 aromatic heterocycles. The Hall–Kier alpha value is -6.70. The maximum absolute atomic E-state index is 15.8. The van der Waals surface area contributed by atoms with Crippen molar-refractivity contribution in [3.05, 3.63) is 65.7 Å². The summed E-state index contributed by atoms with van der Waals surface area (Å²) in [5, 5.41) is 17.3. The summed E-state index contributed by atoms with van der Waals surface area (Å²) in [6.07, 6.45) is 5.85. The Morgan fingerprint density at radius 2 is 1.67 bits per heavy atom. The highest BCUT2D eigenvalue weighted by atomic mass is 19.1. The van der Waals surface area contributed by atoms with E-state index in [4.69, 9.17) is 5.73 Å². The maximum atomic E-state index is 15.8. The van der Waals surface area contributed by atoms with Gasteiger partial charge in [0.15, 0.2) is 11.5 Å². The van der Waals surface area contributed by atoms with Crippen molar-refractivity contribution in [3.8, 4) is 0 Å². The van der Waals surface area contributed by atoms with Crippen molar-refractivity contribution >= 4 is 69.4 Å². The lowest BCUT2D eigenvalue weighted by molar-refractivity contribution is -0.134. The fourth-order valence-electron chi connectivity index (χ4n) is 9.66. The van der Waals surface area contributed by atoms with Gasteiger partial charge in [0.05, 0.1) is 22.8 Å². The van der Waals surface area contributed by atoms with E-state index in [1.807, 2.05) is 28.0 Å². The standard InChI is InChI=1S/C44H53FN14O5/c1-54-18-23-59(44(54)64)29-4-3-15-58(26-29)43-51-40(38(39(46)61)52-53-43)48-28-7-9-35(32(45)24-28)57-21-19-55(20-22-57)25-27-12-16-56(17-13-27)34-11-14-47-37-30(34)5-2-6-31(37)41(62)49-33-8-10-36(60)50-42(33)63/h2,5-7,9,11,14,24,27,29,33H,3-4,8,10,12-13,15-23,25-26H2,1H3,(H2,46,61)(H,49,62)(H,48,51,53)(H,50,60,63). The molecule has 0 aliphatic carbocycles. The van der Waals surface area contributed by atoms with E-state index in [-0.39, 0.29) is 42.3 Å². The third kappa shape index (κ3) is 8.91. The minimum absolute atomic E-state index is 0.000834. The molecule has 4 aromatic rings. The zero-order valence-electron chi connectivity index (χ0n) is 35.8. The topological polar surface area (TPSA) is 218 Å². The number of halogens is 1. The van der Waals surface area contributed by atoms with E-state index in [0.29, 0.717) is 73.6 Å². The number of carbonyl (C=O) groups is 5. The van der Waals surface area contributed by atoms with Crippen LogP contribution in [-0.2, 0) is 9.59 Å². The molecule has 9 rings (SSSR count). The van der Waals surface area contributed by atoms with Gasteiger partial charge in [-0.25, -0.2) is 9.18 Å². The van der Waals surface area contributed by atoms with E-state index in [1.165, 1.54) is 6.07 Å². The number of fused-ring (bicyclic) bond motifs is 1. The zero-order valence-corrected chi connectivity index (χ0v) is 35.8. The summed E-state index contributed by atoms with van der Waals surface area (Å²) in [6, 6.07) is 11.6. The first-order valence-electron chi connectivity index (χ1n) is 22.1. The van der Waals surface area contributed by atoms with Gasteiger partial charge in [-0.3, -0.25) is 34.4 Å². The highest BCUT2D eigenvalue weighted by Crippen LogP contribution is 2.33. The Morgan fingerprint density at radius 3 is 2.41 bits per heavy atom. The number of hydrogen-bond donors (Lipinski definition) is 4. The minimum atomic E-state index is -0.814. The van der Waals surface area contributed by atoms with Crippen LogP contribution in [0.4, 0.5) is 38.0 Å². The van der Waals surface area contributed by atoms with Crippen LogP contribution in [0.5, 0.6) is 0 Å². The molecule has 19 nitrogen and oxygen atoms in total. The summed E-state index contributed by atoms with van der Waals surface area (Å²) < 4.78 is 15.8. The highest BCUT2D eigenvalue weighted by Gasteiger charge is 2.36. The van der Waals surface area contributed by atoms with Gasteiger partial charge in [-0.15, -0.1) is 10.2 Å². The van der Waals surface area contributed by atoms with Gasteiger partial charge in [0, 0.05) is 108 Å². The molecule has 5 aliphatic rings. The van der Waals surface area contributed by atoms with E-state index >= 15 is 4.39 Å². The second kappa shape index (κ2) is 18.2. The van der Waals surface area contributed by atoms with E-state index < -0.39 is 29.6 Å². The number of anilines is 5. The molecule has 336 valence electrons. The number of nitrogens with two attached hydrogens (primary N) is 1. The Labute approximate surface area is 369 Å². The molecule has 5 N–H and O–H groups in total. The summed E-state index contributed by atoms with van der Waals surface area (Å²) in [5.74, 6) is -1.57. The van der Waals surface area contributed by atoms with Crippen LogP contribution in [0.1, 0.15) is 59.4 Å². The number of piperidine rings is 3. The van der Waals surface area contributed by atoms with E-state index in [9.17, 15) is 24.0 Å². The molecule has 0 radical (unpaired) electrons. The molecule has 20 heteroatoms. The summed E-state index contributed by atoms with van der Waals surface area (Å²) in [6.45, 7) is 8.15. The minimum Gasteiger partial charge on any atom is -0.371 e. The number of urea groups is 1. The molecule has 64 heavy (non-hydrogen) atoms. The smallest absolute Gasteiger partial charge is 0.320 e. The van der Waals surface area contributed by atoms with E-state index in [2.05, 4.69) is 50.8 Å². The number of nitrogens with zero attached hydrogens (tertiary/aromatic N) is 10. The number of primary amides is 1.